The van der Waals surface area contributed by atoms with Crippen LogP contribution in [-0.2, 0) is 19.6 Å². The average Bonchev–Trinajstić information content (AvgIpc) is 3.10. The van der Waals surface area contributed by atoms with Crippen molar-refractivity contribution in [3.05, 3.63) is 94.4 Å². The number of para-hydroxylation sites is 1. The number of sulfonamides is 1. The fourth-order valence-corrected chi connectivity index (χ4v) is 4.02. The smallest absolute Gasteiger partial charge is 0.321 e. The van der Waals surface area contributed by atoms with Crippen LogP contribution in [0.5, 0.6) is 0 Å². The molecule has 0 saturated heterocycles. The average molecular weight is 471 g/mol. The summed E-state index contributed by atoms with van der Waals surface area (Å²) in [5.74, 6) is -1.81. The van der Waals surface area contributed by atoms with E-state index in [9.17, 15) is 22.4 Å². The fraction of sp³-hybridized carbons (Fsp3) is 0.167. The summed E-state index contributed by atoms with van der Waals surface area (Å²) in [4.78, 5) is 24.5. The number of hydrogen-bond donors (Lipinski definition) is 1. The molecule has 0 atom stereocenters. The van der Waals surface area contributed by atoms with Crippen LogP contribution in [0.25, 0.3) is 11.8 Å². The summed E-state index contributed by atoms with van der Waals surface area (Å²) in [5.41, 5.74) is 2.43. The first-order valence-electron chi connectivity index (χ1n) is 10.0. The lowest BCUT2D eigenvalue weighted by Gasteiger charge is -2.11. The molecule has 0 aliphatic heterocycles. The van der Waals surface area contributed by atoms with Gasteiger partial charge in [-0.1, -0.05) is 42.5 Å². The van der Waals surface area contributed by atoms with E-state index in [1.54, 1.807) is 73.0 Å². The van der Waals surface area contributed by atoms with Crippen LogP contribution in [-0.4, -0.2) is 37.9 Å². The molecule has 0 radical (unpaired) electrons. The van der Waals surface area contributed by atoms with Gasteiger partial charge in [-0.3, -0.25) is 9.59 Å². The minimum atomic E-state index is -3.86. The first-order chi connectivity index (χ1) is 15.7. The van der Waals surface area contributed by atoms with Gasteiger partial charge in [0.25, 0.3) is 0 Å². The van der Waals surface area contributed by atoms with Crippen LogP contribution in [0.4, 0.5) is 4.39 Å². The molecular formula is C24H23FN2O5S. The Hall–Kier alpha value is -3.56. The van der Waals surface area contributed by atoms with Gasteiger partial charge in [0.2, 0.25) is 15.8 Å². The van der Waals surface area contributed by atoms with Gasteiger partial charge in [-0.25, -0.2) is 17.5 Å². The molecule has 0 bridgehead atoms. The maximum atomic E-state index is 14.2. The number of aryl methyl sites for hydroxylation is 1. The molecule has 9 heteroatoms. The summed E-state index contributed by atoms with van der Waals surface area (Å²) in [6.07, 6.45) is 1.39. The van der Waals surface area contributed by atoms with Gasteiger partial charge in [0, 0.05) is 22.4 Å². The molecule has 3 rings (SSSR count). The Balaban J connectivity index is 1.58. The first kappa shape index (κ1) is 24.1. The quantitative estimate of drug-likeness (QED) is 0.381. The highest BCUT2D eigenvalue weighted by molar-refractivity contribution is 7.92. The molecule has 33 heavy (non-hydrogen) atoms. The summed E-state index contributed by atoms with van der Waals surface area (Å²) in [6.45, 7) is 2.21. The number of nitrogens with zero attached hydrogens (tertiary/aromatic N) is 1. The van der Waals surface area contributed by atoms with Crippen molar-refractivity contribution in [1.82, 2.24) is 9.29 Å². The second-order valence-corrected chi connectivity index (χ2v) is 8.89. The summed E-state index contributed by atoms with van der Waals surface area (Å²) in [6, 6.07) is 16.6. The zero-order valence-corrected chi connectivity index (χ0v) is 18.9. The molecule has 0 amide bonds. The molecule has 2 aromatic carbocycles. The van der Waals surface area contributed by atoms with Crippen molar-refractivity contribution in [3.63, 3.8) is 0 Å². The summed E-state index contributed by atoms with van der Waals surface area (Å²) >= 11 is 0. The van der Waals surface area contributed by atoms with E-state index in [0.717, 1.165) is 5.41 Å². The molecular weight excluding hydrogens is 447 g/mol. The number of carbonyl (C=O) groups is 2. The standard InChI is InChI=1S/C24H23FN2O5S/c1-17-14-20(18(2)27(17)22-11-7-6-10-21(22)25)23(28)16-32-24(29)15-26-33(30,31)13-12-19-8-4-3-5-9-19/h3-14,26H,15-16H2,1-2H3/b13-12+. The predicted molar refractivity (Wildman–Crippen MR) is 123 cm³/mol. The predicted octanol–water partition coefficient (Wildman–Crippen LogP) is 3.55. The molecule has 0 aliphatic carbocycles. The maximum absolute atomic E-state index is 14.2. The molecule has 0 spiro atoms. The van der Waals surface area contributed by atoms with Gasteiger partial charge >= 0.3 is 5.97 Å². The van der Waals surface area contributed by atoms with Crippen LogP contribution in [0.3, 0.4) is 0 Å². The first-order valence-corrected chi connectivity index (χ1v) is 11.6. The van der Waals surface area contributed by atoms with Gasteiger partial charge < -0.3 is 9.30 Å². The number of halogens is 1. The number of nitrogens with one attached hydrogen (secondary N) is 1. The topological polar surface area (TPSA) is 94.5 Å². The Bertz CT molecular complexity index is 1300. The van der Waals surface area contributed by atoms with Crippen LogP contribution in [0.2, 0.25) is 0 Å². The lowest BCUT2D eigenvalue weighted by Crippen LogP contribution is -2.30. The van der Waals surface area contributed by atoms with Gasteiger partial charge in [0.15, 0.2) is 6.61 Å². The Morgan fingerprint density at radius 3 is 2.42 bits per heavy atom. The third-order valence-electron chi connectivity index (χ3n) is 4.85. The van der Waals surface area contributed by atoms with Gasteiger partial charge in [-0.15, -0.1) is 0 Å². The van der Waals surface area contributed by atoms with E-state index in [2.05, 4.69) is 4.72 Å². The van der Waals surface area contributed by atoms with E-state index >= 15 is 0 Å². The zero-order chi connectivity index (χ0) is 24.0. The van der Waals surface area contributed by atoms with E-state index in [1.165, 1.54) is 12.1 Å². The van der Waals surface area contributed by atoms with Gasteiger partial charge in [-0.2, -0.15) is 0 Å². The molecule has 0 unspecified atom stereocenters. The number of ketones is 1. The summed E-state index contributed by atoms with van der Waals surface area (Å²) in [7, 11) is -3.86. The largest absolute Gasteiger partial charge is 0.456 e. The molecule has 1 heterocycles. The third kappa shape index (κ3) is 6.24. The Kier molecular flexibility index (Phi) is 7.57. The van der Waals surface area contributed by atoms with E-state index in [4.69, 9.17) is 4.74 Å². The number of aromatic nitrogens is 1. The number of Topliss-reactive ketones (excluding diaryl/α,β-unsaturated/α-hetero) is 1. The fourth-order valence-electron chi connectivity index (χ4n) is 3.26. The maximum Gasteiger partial charge on any atom is 0.321 e. The lowest BCUT2D eigenvalue weighted by molar-refractivity contribution is -0.141. The highest BCUT2D eigenvalue weighted by Gasteiger charge is 2.20. The number of carbonyl (C=O) groups excluding carboxylic acids is 2. The lowest BCUT2D eigenvalue weighted by atomic mass is 10.1. The van der Waals surface area contributed by atoms with Crippen LogP contribution in [0.1, 0.15) is 27.3 Å². The molecule has 3 aromatic rings. The minimum absolute atomic E-state index is 0.287. The SMILES string of the molecule is Cc1cc(C(=O)COC(=O)CNS(=O)(=O)/C=C/c2ccccc2)c(C)n1-c1ccccc1F. The Morgan fingerprint density at radius 1 is 1.06 bits per heavy atom. The van der Waals surface area contributed by atoms with Crippen LogP contribution < -0.4 is 4.72 Å². The molecule has 0 saturated carbocycles. The Labute approximate surface area is 191 Å². The van der Waals surface area contributed by atoms with Gasteiger partial charge in [0.05, 0.1) is 5.69 Å². The number of ether oxygens (including phenoxy) is 1. The van der Waals surface area contributed by atoms with Crippen molar-refractivity contribution < 1.29 is 27.1 Å². The van der Waals surface area contributed by atoms with E-state index in [0.29, 0.717) is 22.6 Å². The normalized spacial score (nSPS) is 11.6. The van der Waals surface area contributed by atoms with Crippen molar-refractivity contribution in [2.45, 2.75) is 13.8 Å². The number of rotatable bonds is 9. The van der Waals surface area contributed by atoms with E-state index in [-0.39, 0.29) is 5.56 Å². The van der Waals surface area contributed by atoms with Gasteiger partial charge in [0.1, 0.15) is 12.4 Å². The van der Waals surface area contributed by atoms with Crippen LogP contribution in [0, 0.1) is 19.7 Å². The van der Waals surface area contributed by atoms with E-state index < -0.39 is 40.7 Å². The molecule has 0 fully saturated rings. The third-order valence-corrected chi connectivity index (χ3v) is 5.89. The molecule has 0 aliphatic rings. The zero-order valence-electron chi connectivity index (χ0n) is 18.1. The number of esters is 1. The molecule has 172 valence electrons. The molecule has 1 aromatic heterocycles. The van der Waals surface area contributed by atoms with Crippen LogP contribution in [0.15, 0.2) is 66.1 Å². The van der Waals surface area contributed by atoms with Crippen molar-refractivity contribution in [3.8, 4) is 5.69 Å². The molecule has 7 nitrogen and oxygen atoms in total. The Morgan fingerprint density at radius 2 is 1.73 bits per heavy atom. The van der Waals surface area contributed by atoms with Crippen molar-refractivity contribution in [2.75, 3.05) is 13.2 Å². The molecule has 1 N–H and O–H groups in total. The summed E-state index contributed by atoms with van der Waals surface area (Å²) < 4.78 is 46.8. The highest BCUT2D eigenvalue weighted by Crippen LogP contribution is 2.23. The number of benzene rings is 2. The van der Waals surface area contributed by atoms with Gasteiger partial charge in [-0.05, 0) is 43.7 Å². The highest BCUT2D eigenvalue weighted by atomic mass is 32.2. The van der Waals surface area contributed by atoms with Crippen molar-refractivity contribution >= 4 is 27.9 Å². The van der Waals surface area contributed by atoms with E-state index in [1.807, 2.05) is 0 Å². The van der Waals surface area contributed by atoms with Crippen molar-refractivity contribution in [2.24, 2.45) is 0 Å². The number of hydrogen-bond acceptors (Lipinski definition) is 5. The monoisotopic (exact) mass is 470 g/mol. The second-order valence-electron chi connectivity index (χ2n) is 7.24. The minimum Gasteiger partial charge on any atom is -0.456 e. The van der Waals surface area contributed by atoms with Crippen LogP contribution >= 0.6 is 0 Å². The van der Waals surface area contributed by atoms with Crippen molar-refractivity contribution in [1.29, 1.82) is 0 Å². The summed E-state index contributed by atoms with van der Waals surface area (Å²) in [5, 5.41) is 0.943. The second kappa shape index (κ2) is 10.4.